The Morgan fingerprint density at radius 1 is 1.30 bits per heavy atom. The highest BCUT2D eigenvalue weighted by molar-refractivity contribution is 9.10. The van der Waals surface area contributed by atoms with Crippen LogP contribution in [-0.2, 0) is 4.74 Å². The fourth-order valence-electron chi connectivity index (χ4n) is 2.85. The zero-order valence-corrected chi connectivity index (χ0v) is 12.6. The molecule has 1 saturated heterocycles. The first-order valence-corrected chi connectivity index (χ1v) is 7.57. The second-order valence-corrected chi connectivity index (χ2v) is 6.02. The van der Waals surface area contributed by atoms with Gasteiger partial charge in [0.25, 0.3) is 0 Å². The van der Waals surface area contributed by atoms with E-state index in [-0.39, 0.29) is 6.10 Å². The molecule has 20 heavy (non-hydrogen) atoms. The molecular formula is C15H15BrN2O2. The molecule has 0 radical (unpaired) electrons. The highest BCUT2D eigenvalue weighted by Crippen LogP contribution is 2.35. The van der Waals surface area contributed by atoms with Crippen molar-refractivity contribution in [3.8, 4) is 11.9 Å². The van der Waals surface area contributed by atoms with Crippen LogP contribution in [-0.4, -0.2) is 25.0 Å². The summed E-state index contributed by atoms with van der Waals surface area (Å²) in [5.74, 6) is 1.30. The van der Waals surface area contributed by atoms with Gasteiger partial charge in [-0.3, -0.25) is 0 Å². The van der Waals surface area contributed by atoms with E-state index in [1.54, 1.807) is 0 Å². The van der Waals surface area contributed by atoms with E-state index in [0.29, 0.717) is 12.3 Å². The van der Waals surface area contributed by atoms with Crippen molar-refractivity contribution in [2.24, 2.45) is 10.9 Å². The number of fused-ring (bicyclic) bond motifs is 1. The lowest BCUT2D eigenvalue weighted by molar-refractivity contribution is 0.0187. The summed E-state index contributed by atoms with van der Waals surface area (Å²) in [5.41, 5.74) is 1.75. The normalized spacial score (nSPS) is 24.8. The first-order valence-electron chi connectivity index (χ1n) is 6.78. The van der Waals surface area contributed by atoms with Crippen molar-refractivity contribution in [1.82, 2.24) is 0 Å². The van der Waals surface area contributed by atoms with Crippen molar-refractivity contribution in [3.63, 3.8) is 0 Å². The van der Waals surface area contributed by atoms with Crippen LogP contribution in [0.5, 0.6) is 5.75 Å². The summed E-state index contributed by atoms with van der Waals surface area (Å²) in [5, 5.41) is 8.90. The van der Waals surface area contributed by atoms with Gasteiger partial charge in [0.15, 0.2) is 0 Å². The predicted octanol–water partition coefficient (Wildman–Crippen LogP) is 3.30. The van der Waals surface area contributed by atoms with Gasteiger partial charge in [0.05, 0.1) is 5.71 Å². The maximum Gasteiger partial charge on any atom is 0.205 e. The summed E-state index contributed by atoms with van der Waals surface area (Å²) in [4.78, 5) is 4.00. The van der Waals surface area contributed by atoms with Gasteiger partial charge in [-0.05, 0) is 31.0 Å². The van der Waals surface area contributed by atoms with E-state index in [2.05, 4.69) is 20.9 Å². The van der Waals surface area contributed by atoms with Gasteiger partial charge in [-0.2, -0.15) is 10.3 Å². The van der Waals surface area contributed by atoms with E-state index in [9.17, 15) is 0 Å². The molecule has 1 atom stereocenters. The number of ether oxygens (including phenoxy) is 2. The minimum absolute atomic E-state index is 0.0969. The van der Waals surface area contributed by atoms with Gasteiger partial charge in [0.1, 0.15) is 11.9 Å². The van der Waals surface area contributed by atoms with Crippen molar-refractivity contribution >= 4 is 21.6 Å². The highest BCUT2D eigenvalue weighted by Gasteiger charge is 2.32. The van der Waals surface area contributed by atoms with Crippen LogP contribution < -0.4 is 4.74 Å². The zero-order chi connectivity index (χ0) is 13.9. The Hall–Kier alpha value is -1.38. The minimum atomic E-state index is 0.0969. The zero-order valence-electron chi connectivity index (χ0n) is 11.0. The number of hydrogen-bond donors (Lipinski definition) is 0. The predicted molar refractivity (Wildman–Crippen MR) is 78.9 cm³/mol. The minimum Gasteiger partial charge on any atom is -0.489 e. The standard InChI is InChI=1S/C15H15BrN2O2/c16-11-1-2-14-12(7-11)13(18-9-17)8-15(20-14)10-3-5-19-6-4-10/h1-2,7,10,15H,3-6,8H2. The van der Waals surface area contributed by atoms with E-state index < -0.39 is 0 Å². The van der Waals surface area contributed by atoms with Gasteiger partial charge in [-0.25, -0.2) is 0 Å². The smallest absolute Gasteiger partial charge is 0.205 e. The van der Waals surface area contributed by atoms with Crippen molar-refractivity contribution in [1.29, 1.82) is 5.26 Å². The Balaban J connectivity index is 1.91. The number of rotatable bonds is 1. The Morgan fingerprint density at radius 2 is 2.10 bits per heavy atom. The maximum absolute atomic E-state index is 8.90. The first kappa shape index (κ1) is 13.6. The van der Waals surface area contributed by atoms with E-state index in [1.165, 1.54) is 0 Å². The molecule has 0 spiro atoms. The molecule has 0 aliphatic carbocycles. The number of nitriles is 1. The third-order valence-corrected chi connectivity index (χ3v) is 4.40. The third-order valence-electron chi connectivity index (χ3n) is 3.90. The molecule has 0 amide bonds. The molecule has 5 heteroatoms. The van der Waals surface area contributed by atoms with E-state index in [4.69, 9.17) is 14.7 Å². The van der Waals surface area contributed by atoms with Crippen LogP contribution in [0.25, 0.3) is 0 Å². The molecule has 4 nitrogen and oxygen atoms in total. The molecule has 1 aromatic rings. The second-order valence-electron chi connectivity index (χ2n) is 5.11. The van der Waals surface area contributed by atoms with E-state index in [0.717, 1.165) is 47.6 Å². The van der Waals surface area contributed by atoms with Gasteiger partial charge in [0.2, 0.25) is 6.19 Å². The topological polar surface area (TPSA) is 54.6 Å². The van der Waals surface area contributed by atoms with Crippen molar-refractivity contribution in [2.45, 2.75) is 25.4 Å². The van der Waals surface area contributed by atoms with Crippen LogP contribution in [0, 0.1) is 17.4 Å². The van der Waals surface area contributed by atoms with Crippen LogP contribution in [0.4, 0.5) is 0 Å². The lowest BCUT2D eigenvalue weighted by Gasteiger charge is -2.34. The fourth-order valence-corrected chi connectivity index (χ4v) is 3.21. The number of aliphatic imine (C=N–C) groups is 1. The molecule has 1 unspecified atom stereocenters. The summed E-state index contributed by atoms with van der Waals surface area (Å²) in [6.45, 7) is 1.59. The fraction of sp³-hybridized carbons (Fsp3) is 0.467. The Labute approximate surface area is 126 Å². The van der Waals surface area contributed by atoms with Crippen molar-refractivity contribution in [2.75, 3.05) is 13.2 Å². The lowest BCUT2D eigenvalue weighted by Crippen LogP contribution is -2.37. The largest absolute Gasteiger partial charge is 0.489 e. The van der Waals surface area contributed by atoms with Crippen LogP contribution in [0.2, 0.25) is 0 Å². The molecule has 2 aliphatic heterocycles. The van der Waals surface area contributed by atoms with Gasteiger partial charge >= 0.3 is 0 Å². The Bertz CT molecular complexity index is 574. The molecule has 1 fully saturated rings. The summed E-state index contributed by atoms with van der Waals surface area (Å²) in [6, 6.07) is 5.86. The summed E-state index contributed by atoms with van der Waals surface area (Å²) >= 11 is 3.45. The number of benzene rings is 1. The molecule has 0 aromatic heterocycles. The van der Waals surface area contributed by atoms with Gasteiger partial charge in [0, 0.05) is 35.6 Å². The molecular weight excluding hydrogens is 320 g/mol. The van der Waals surface area contributed by atoms with Crippen molar-refractivity contribution < 1.29 is 9.47 Å². The van der Waals surface area contributed by atoms with Crippen LogP contribution in [0.3, 0.4) is 0 Å². The summed E-state index contributed by atoms with van der Waals surface area (Å²) < 4.78 is 12.5. The van der Waals surface area contributed by atoms with Crippen LogP contribution >= 0.6 is 15.9 Å². The molecule has 2 aliphatic rings. The summed E-state index contributed by atoms with van der Waals surface area (Å²) in [7, 11) is 0. The van der Waals surface area contributed by atoms with Crippen molar-refractivity contribution in [3.05, 3.63) is 28.2 Å². The van der Waals surface area contributed by atoms with Crippen LogP contribution in [0.15, 0.2) is 27.7 Å². The lowest BCUT2D eigenvalue weighted by atomic mass is 9.87. The number of halogens is 1. The quantitative estimate of drug-likeness (QED) is 0.740. The molecule has 0 N–H and O–H groups in total. The summed E-state index contributed by atoms with van der Waals surface area (Å²) in [6.07, 6.45) is 4.73. The second kappa shape index (κ2) is 5.94. The van der Waals surface area contributed by atoms with Gasteiger partial charge in [-0.15, -0.1) is 0 Å². The maximum atomic E-state index is 8.90. The molecule has 104 valence electrons. The average molecular weight is 335 g/mol. The number of hydrogen-bond acceptors (Lipinski definition) is 4. The Morgan fingerprint density at radius 3 is 2.85 bits per heavy atom. The Kier molecular flexibility index (Phi) is 4.04. The molecule has 3 rings (SSSR count). The molecule has 0 bridgehead atoms. The first-order chi connectivity index (χ1) is 9.78. The third kappa shape index (κ3) is 2.72. The number of nitrogens with zero attached hydrogens (tertiary/aromatic N) is 2. The van der Waals surface area contributed by atoms with E-state index >= 15 is 0 Å². The average Bonchev–Trinajstić information content (AvgIpc) is 2.49. The van der Waals surface area contributed by atoms with Gasteiger partial charge in [-0.1, -0.05) is 15.9 Å². The SMILES string of the molecule is N#CN=C1CC(C2CCOCC2)Oc2ccc(Br)cc21. The molecule has 0 saturated carbocycles. The molecule has 2 heterocycles. The van der Waals surface area contributed by atoms with Gasteiger partial charge < -0.3 is 9.47 Å². The van der Waals surface area contributed by atoms with E-state index in [1.807, 2.05) is 24.4 Å². The molecule has 1 aromatic carbocycles. The monoisotopic (exact) mass is 334 g/mol. The van der Waals surface area contributed by atoms with Crippen LogP contribution in [0.1, 0.15) is 24.8 Å². The highest BCUT2D eigenvalue weighted by atomic mass is 79.9.